The van der Waals surface area contributed by atoms with Gasteiger partial charge in [-0.25, -0.2) is 14.8 Å². The average molecular weight is 611 g/mol. The molecule has 0 saturated carbocycles. The van der Waals surface area contributed by atoms with E-state index in [0.717, 1.165) is 0 Å². The Hall–Kier alpha value is -3.84. The van der Waals surface area contributed by atoms with Crippen LogP contribution in [0.15, 0.2) is 36.4 Å². The van der Waals surface area contributed by atoms with Crippen molar-refractivity contribution >= 4 is 81.3 Å². The van der Waals surface area contributed by atoms with E-state index in [2.05, 4.69) is 45.7 Å². The summed E-state index contributed by atoms with van der Waals surface area (Å²) in [4.78, 5) is 31.3. The number of rotatable bonds is 6. The fourth-order valence-electron chi connectivity index (χ4n) is 2.86. The van der Waals surface area contributed by atoms with E-state index in [-0.39, 0.29) is 21.7 Å². The zero-order valence-electron chi connectivity index (χ0n) is 20.5. The molecule has 0 aliphatic rings. The number of nitrogens with two attached hydrogens (primary N) is 1. The number of halogens is 4. The number of hydrogen-bond donors (Lipinski definition) is 3. The Bertz CT molecular complexity index is 1540. The van der Waals surface area contributed by atoms with Crippen molar-refractivity contribution in [1.29, 1.82) is 0 Å². The first-order valence-electron chi connectivity index (χ1n) is 10.7. The monoisotopic (exact) mass is 609 g/mol. The smallest absolute Gasteiger partial charge is 0.360 e. The van der Waals surface area contributed by atoms with Gasteiger partial charge < -0.3 is 21.1 Å². The minimum absolute atomic E-state index is 0.0150. The molecule has 4 aromatic rings. The van der Waals surface area contributed by atoms with Gasteiger partial charge in [0.2, 0.25) is 0 Å². The molecular formula is C23H19Cl4N9O3. The number of carbonyl (C=O) groups excluding carboxylic acids is 2. The second kappa shape index (κ2) is 13.3. The molecule has 0 aromatic carbocycles. The van der Waals surface area contributed by atoms with Gasteiger partial charge in [-0.3, -0.25) is 4.79 Å². The van der Waals surface area contributed by atoms with E-state index in [9.17, 15) is 9.59 Å². The highest BCUT2D eigenvalue weighted by atomic mass is 35.5. The lowest BCUT2D eigenvalue weighted by Gasteiger charge is -2.10. The van der Waals surface area contributed by atoms with Gasteiger partial charge in [0.15, 0.2) is 21.7 Å². The minimum Gasteiger partial charge on any atom is -0.464 e. The van der Waals surface area contributed by atoms with Gasteiger partial charge in [-0.1, -0.05) is 46.4 Å². The maximum atomic E-state index is 11.6. The van der Waals surface area contributed by atoms with Crippen LogP contribution in [0.1, 0.15) is 32.4 Å². The van der Waals surface area contributed by atoms with Gasteiger partial charge >= 0.3 is 5.97 Å². The van der Waals surface area contributed by atoms with Crippen LogP contribution in [0, 0.1) is 13.8 Å². The number of carbonyl (C=O) groups is 2. The first kappa shape index (κ1) is 29.7. The zero-order valence-corrected chi connectivity index (χ0v) is 23.5. The molecule has 4 aromatic heterocycles. The van der Waals surface area contributed by atoms with E-state index in [1.165, 1.54) is 19.2 Å². The number of aromatic nitrogens is 6. The Morgan fingerprint density at radius 2 is 1.18 bits per heavy atom. The molecule has 1 amide bonds. The highest BCUT2D eigenvalue weighted by molar-refractivity contribution is 6.31. The van der Waals surface area contributed by atoms with Crippen molar-refractivity contribution in [3.05, 3.63) is 79.5 Å². The Kier molecular flexibility index (Phi) is 10.1. The first-order chi connectivity index (χ1) is 18.5. The van der Waals surface area contributed by atoms with Crippen LogP contribution >= 0.6 is 46.4 Å². The van der Waals surface area contributed by atoms with Gasteiger partial charge in [0.25, 0.3) is 5.91 Å². The number of esters is 1. The molecule has 0 saturated heterocycles. The van der Waals surface area contributed by atoms with Crippen molar-refractivity contribution in [1.82, 2.24) is 30.4 Å². The summed E-state index contributed by atoms with van der Waals surface area (Å²) in [7, 11) is 1.26. The van der Waals surface area contributed by atoms with Crippen LogP contribution < -0.4 is 16.4 Å². The van der Waals surface area contributed by atoms with E-state index in [1.807, 2.05) is 0 Å². The van der Waals surface area contributed by atoms with Crippen molar-refractivity contribution in [2.45, 2.75) is 13.8 Å². The molecule has 0 aliphatic heterocycles. The molecule has 0 unspecified atom stereocenters. The maximum absolute atomic E-state index is 11.6. The molecule has 4 N–H and O–H groups in total. The fraction of sp³-hybridized carbons (Fsp3) is 0.130. The second-order valence-corrected chi connectivity index (χ2v) is 9.08. The van der Waals surface area contributed by atoms with Crippen molar-refractivity contribution in [2.24, 2.45) is 5.73 Å². The number of primary amides is 1. The molecule has 0 bridgehead atoms. The number of hydrogen-bond acceptors (Lipinski definition) is 11. The molecular weight excluding hydrogens is 592 g/mol. The van der Waals surface area contributed by atoms with Gasteiger partial charge in [-0.2, -0.15) is 0 Å². The lowest BCUT2D eigenvalue weighted by atomic mass is 10.3. The van der Waals surface area contributed by atoms with E-state index in [0.29, 0.717) is 44.4 Å². The molecule has 202 valence electrons. The number of nitrogens with one attached hydrogen (secondary N) is 2. The number of aryl methyl sites for hydroxylation is 2. The van der Waals surface area contributed by atoms with Crippen LogP contribution in [-0.4, -0.2) is 49.3 Å². The molecule has 0 aliphatic carbocycles. The molecule has 16 heteroatoms. The van der Waals surface area contributed by atoms with Crippen LogP contribution in [0.4, 0.5) is 23.0 Å². The zero-order chi connectivity index (χ0) is 28.7. The number of ether oxygens (including phenoxy) is 1. The van der Waals surface area contributed by atoms with E-state index < -0.39 is 11.9 Å². The molecule has 39 heavy (non-hydrogen) atoms. The summed E-state index contributed by atoms with van der Waals surface area (Å²) in [6, 6.07) is 9.62. The van der Waals surface area contributed by atoms with Gasteiger partial charge in [0.05, 0.1) is 39.9 Å². The second-order valence-electron chi connectivity index (χ2n) is 7.49. The summed E-state index contributed by atoms with van der Waals surface area (Å²) >= 11 is 23.3. The molecule has 4 rings (SSSR count). The summed E-state index contributed by atoms with van der Waals surface area (Å²) in [5.74, 6) is -0.339. The quantitative estimate of drug-likeness (QED) is 0.240. The summed E-state index contributed by atoms with van der Waals surface area (Å²) in [5, 5.41) is 21.8. The van der Waals surface area contributed by atoms with Crippen LogP contribution in [0.5, 0.6) is 0 Å². The van der Waals surface area contributed by atoms with Gasteiger partial charge in [0, 0.05) is 12.1 Å². The van der Waals surface area contributed by atoms with E-state index >= 15 is 0 Å². The SMILES string of the molecule is COC(=O)c1nnc(Cl)cc1Nc1ccc(Cl)c(C)n1.Cc1nc(Nc2cc(Cl)nnc2C(N)=O)ccc1Cl. The summed E-state index contributed by atoms with van der Waals surface area (Å²) in [6.07, 6.45) is 0. The predicted octanol–water partition coefficient (Wildman–Crippen LogP) is 5.35. The standard InChI is InChI=1S/C12H10Cl2N4O2.C11H9Cl2N5O/c1-6-7(13)3-4-10(15-6)16-8-5-9(14)17-18-11(8)12(19)20-2;1-5-6(12)2-3-9(15-5)16-7-4-8(13)17-18-10(7)11(14)19/h3-5H,1-2H3,(H,15,16,17);2-4H,1H3,(H2,14,19)(H,15,16,17). The van der Waals surface area contributed by atoms with Crippen molar-refractivity contribution in [2.75, 3.05) is 17.7 Å². The molecule has 0 fully saturated rings. The highest BCUT2D eigenvalue weighted by Crippen LogP contribution is 2.24. The Labute approximate surface area is 242 Å². The lowest BCUT2D eigenvalue weighted by molar-refractivity contribution is 0.0594. The summed E-state index contributed by atoms with van der Waals surface area (Å²) in [5.41, 5.74) is 7.21. The predicted molar refractivity (Wildman–Crippen MR) is 148 cm³/mol. The number of anilines is 4. The maximum Gasteiger partial charge on any atom is 0.360 e. The number of amides is 1. The van der Waals surface area contributed by atoms with Crippen molar-refractivity contribution in [3.8, 4) is 0 Å². The number of methoxy groups -OCH3 is 1. The fourth-order valence-corrected chi connectivity index (χ4v) is 3.36. The third kappa shape index (κ3) is 8.07. The molecule has 0 radical (unpaired) electrons. The molecule has 12 nitrogen and oxygen atoms in total. The topological polar surface area (TPSA) is 171 Å². The van der Waals surface area contributed by atoms with Crippen molar-refractivity contribution < 1.29 is 14.3 Å². The van der Waals surface area contributed by atoms with Crippen LogP contribution in [0.2, 0.25) is 20.4 Å². The Balaban J connectivity index is 0.000000216. The highest BCUT2D eigenvalue weighted by Gasteiger charge is 2.16. The average Bonchev–Trinajstić information content (AvgIpc) is 2.88. The third-order valence-electron chi connectivity index (χ3n) is 4.71. The van der Waals surface area contributed by atoms with Gasteiger partial charge in [-0.05, 0) is 38.1 Å². The summed E-state index contributed by atoms with van der Waals surface area (Å²) < 4.78 is 4.63. The van der Waals surface area contributed by atoms with Crippen molar-refractivity contribution in [3.63, 3.8) is 0 Å². The van der Waals surface area contributed by atoms with E-state index in [4.69, 9.17) is 52.1 Å². The molecule has 0 spiro atoms. The summed E-state index contributed by atoms with van der Waals surface area (Å²) in [6.45, 7) is 3.53. The van der Waals surface area contributed by atoms with Gasteiger partial charge in [0.1, 0.15) is 11.6 Å². The van der Waals surface area contributed by atoms with Crippen LogP contribution in [0.3, 0.4) is 0 Å². The normalized spacial score (nSPS) is 10.2. The van der Waals surface area contributed by atoms with Crippen LogP contribution in [-0.2, 0) is 4.74 Å². The number of nitrogens with zero attached hydrogens (tertiary/aromatic N) is 6. The van der Waals surface area contributed by atoms with Crippen LogP contribution in [0.25, 0.3) is 0 Å². The van der Waals surface area contributed by atoms with Gasteiger partial charge in [-0.15, -0.1) is 20.4 Å². The first-order valence-corrected chi connectivity index (χ1v) is 12.2. The Morgan fingerprint density at radius 1 is 0.744 bits per heavy atom. The third-order valence-corrected chi connectivity index (χ3v) is 5.88. The largest absolute Gasteiger partial charge is 0.464 e. The molecule has 0 atom stereocenters. The molecule has 4 heterocycles. The Morgan fingerprint density at radius 3 is 1.59 bits per heavy atom. The lowest BCUT2D eigenvalue weighted by Crippen LogP contribution is -2.16. The minimum atomic E-state index is -0.711. The van der Waals surface area contributed by atoms with E-state index in [1.54, 1.807) is 38.1 Å². The number of pyridine rings is 2.